The Morgan fingerprint density at radius 2 is 1.91 bits per heavy atom. The molecule has 0 unspecified atom stereocenters. The van der Waals surface area contributed by atoms with E-state index in [-0.39, 0.29) is 11.7 Å². The van der Waals surface area contributed by atoms with E-state index in [9.17, 15) is 4.79 Å². The van der Waals surface area contributed by atoms with Crippen LogP contribution < -0.4 is 14.8 Å². The molecule has 0 bridgehead atoms. The number of hydrogen-bond acceptors (Lipinski definition) is 5. The van der Waals surface area contributed by atoms with Crippen LogP contribution in [-0.2, 0) is 6.61 Å². The van der Waals surface area contributed by atoms with Crippen LogP contribution in [0.2, 0.25) is 0 Å². The van der Waals surface area contributed by atoms with Crippen LogP contribution in [0.25, 0.3) is 11.0 Å². The molecule has 3 aromatic carbocycles. The second-order valence-electron chi connectivity index (χ2n) is 7.42. The number of aryl methyl sites for hydroxylation is 2. The Hall–Kier alpha value is -4.24. The van der Waals surface area contributed by atoms with Gasteiger partial charge in [-0.1, -0.05) is 24.3 Å². The summed E-state index contributed by atoms with van der Waals surface area (Å²) in [5.41, 5.74) is 4.34. The summed E-state index contributed by atoms with van der Waals surface area (Å²) in [4.78, 5) is 12.9. The Kier molecular flexibility index (Phi) is 5.82. The predicted octanol–water partition coefficient (Wildman–Crippen LogP) is 5.76. The Morgan fingerprint density at radius 1 is 1.09 bits per heavy atom. The smallest absolute Gasteiger partial charge is 0.291 e. The third-order valence-electron chi connectivity index (χ3n) is 5.26. The largest absolute Gasteiger partial charge is 0.493 e. The first kappa shape index (κ1) is 21.0. The fourth-order valence-electron chi connectivity index (χ4n) is 3.54. The Bertz CT molecular complexity index is 1350. The average molecular weight is 426 g/mol. The number of anilines is 1. The first-order chi connectivity index (χ1) is 15.5. The van der Waals surface area contributed by atoms with Gasteiger partial charge in [0.05, 0.1) is 18.7 Å². The van der Waals surface area contributed by atoms with E-state index in [0.29, 0.717) is 34.9 Å². The van der Waals surface area contributed by atoms with E-state index in [1.54, 1.807) is 37.4 Å². The molecule has 0 aliphatic heterocycles. The number of nitrogens with one attached hydrogen (secondary N) is 1. The SMILES string of the molecule is COc1cccc2c(C)c(C(=O)Nc3ccc(OCc4cccc(C#N)c4)cc3C)oc12. The molecule has 1 N–H and O–H groups in total. The zero-order chi connectivity index (χ0) is 22.7. The van der Waals surface area contributed by atoms with Gasteiger partial charge in [-0.3, -0.25) is 4.79 Å². The molecule has 0 aliphatic rings. The predicted molar refractivity (Wildman–Crippen MR) is 122 cm³/mol. The quantitative estimate of drug-likeness (QED) is 0.424. The number of nitriles is 1. The molecule has 1 heterocycles. The van der Waals surface area contributed by atoms with E-state index in [1.807, 2.05) is 44.2 Å². The van der Waals surface area contributed by atoms with Crippen LogP contribution in [0, 0.1) is 25.2 Å². The van der Waals surface area contributed by atoms with Crippen molar-refractivity contribution >= 4 is 22.6 Å². The van der Waals surface area contributed by atoms with E-state index in [2.05, 4.69) is 11.4 Å². The molecule has 0 spiro atoms. The molecule has 0 fully saturated rings. The number of benzene rings is 3. The number of methoxy groups -OCH3 is 1. The van der Waals surface area contributed by atoms with Gasteiger partial charge >= 0.3 is 0 Å². The number of rotatable bonds is 6. The van der Waals surface area contributed by atoms with Crippen LogP contribution in [0.3, 0.4) is 0 Å². The maximum Gasteiger partial charge on any atom is 0.291 e. The number of carbonyl (C=O) groups is 1. The molecule has 32 heavy (non-hydrogen) atoms. The second kappa shape index (κ2) is 8.86. The maximum absolute atomic E-state index is 12.9. The molecule has 160 valence electrons. The minimum absolute atomic E-state index is 0.251. The monoisotopic (exact) mass is 426 g/mol. The summed E-state index contributed by atoms with van der Waals surface area (Å²) in [5.74, 6) is 1.18. The molecule has 0 aliphatic carbocycles. The third-order valence-corrected chi connectivity index (χ3v) is 5.26. The van der Waals surface area contributed by atoms with Crippen molar-refractivity contribution in [3.8, 4) is 17.6 Å². The molecule has 4 rings (SSSR count). The van der Waals surface area contributed by atoms with Crippen LogP contribution in [0.1, 0.15) is 32.8 Å². The van der Waals surface area contributed by atoms with Gasteiger partial charge < -0.3 is 19.2 Å². The number of amides is 1. The van der Waals surface area contributed by atoms with Crippen molar-refractivity contribution < 1.29 is 18.7 Å². The molecule has 0 saturated heterocycles. The summed E-state index contributed by atoms with van der Waals surface area (Å²) >= 11 is 0. The van der Waals surface area contributed by atoms with Gasteiger partial charge in [-0.05, 0) is 61.4 Å². The maximum atomic E-state index is 12.9. The van der Waals surface area contributed by atoms with Crippen LogP contribution in [0.15, 0.2) is 65.1 Å². The number of furan rings is 1. The van der Waals surface area contributed by atoms with Crippen molar-refractivity contribution in [3.05, 3.63) is 88.7 Å². The van der Waals surface area contributed by atoms with Crippen LogP contribution in [0.5, 0.6) is 11.5 Å². The summed E-state index contributed by atoms with van der Waals surface area (Å²) in [7, 11) is 1.57. The van der Waals surface area contributed by atoms with Gasteiger partial charge in [-0.2, -0.15) is 5.26 Å². The van der Waals surface area contributed by atoms with E-state index >= 15 is 0 Å². The van der Waals surface area contributed by atoms with Gasteiger partial charge in [0.15, 0.2) is 17.1 Å². The van der Waals surface area contributed by atoms with Gasteiger partial charge in [-0.25, -0.2) is 0 Å². The highest BCUT2D eigenvalue weighted by molar-refractivity contribution is 6.07. The molecule has 0 radical (unpaired) electrons. The number of fused-ring (bicyclic) bond motifs is 1. The lowest BCUT2D eigenvalue weighted by molar-refractivity contribution is 0.0997. The molecule has 4 aromatic rings. The second-order valence-corrected chi connectivity index (χ2v) is 7.42. The summed E-state index contributed by atoms with van der Waals surface area (Å²) in [6.07, 6.45) is 0. The van der Waals surface area contributed by atoms with Gasteiger partial charge in [0.1, 0.15) is 12.4 Å². The molecule has 0 atom stereocenters. The zero-order valence-corrected chi connectivity index (χ0v) is 18.1. The van der Waals surface area contributed by atoms with E-state index in [1.165, 1.54) is 0 Å². The Balaban J connectivity index is 1.49. The van der Waals surface area contributed by atoms with Crippen molar-refractivity contribution in [2.75, 3.05) is 12.4 Å². The lowest BCUT2D eigenvalue weighted by atomic mass is 10.1. The molecule has 1 amide bonds. The van der Waals surface area contributed by atoms with E-state index in [0.717, 1.165) is 22.1 Å². The first-order valence-corrected chi connectivity index (χ1v) is 10.1. The van der Waals surface area contributed by atoms with Gasteiger partial charge in [0, 0.05) is 16.6 Å². The summed E-state index contributed by atoms with van der Waals surface area (Å²) < 4.78 is 17.0. The van der Waals surface area contributed by atoms with E-state index in [4.69, 9.17) is 19.2 Å². The summed E-state index contributed by atoms with van der Waals surface area (Å²) in [6, 6.07) is 20.4. The van der Waals surface area contributed by atoms with Crippen LogP contribution in [-0.4, -0.2) is 13.0 Å². The normalized spacial score (nSPS) is 10.6. The molecular weight excluding hydrogens is 404 g/mol. The highest BCUT2D eigenvalue weighted by atomic mass is 16.5. The Labute approximate surface area is 186 Å². The van der Waals surface area contributed by atoms with Gasteiger partial charge in [0.25, 0.3) is 5.91 Å². The number of ether oxygens (including phenoxy) is 2. The first-order valence-electron chi connectivity index (χ1n) is 10.1. The van der Waals surface area contributed by atoms with Crippen LogP contribution >= 0.6 is 0 Å². The molecule has 1 aromatic heterocycles. The zero-order valence-electron chi connectivity index (χ0n) is 18.1. The molecule has 0 saturated carbocycles. The number of carbonyl (C=O) groups excluding carboxylic acids is 1. The van der Waals surface area contributed by atoms with E-state index < -0.39 is 0 Å². The van der Waals surface area contributed by atoms with Crippen molar-refractivity contribution in [1.82, 2.24) is 0 Å². The number of nitrogens with zero attached hydrogens (tertiary/aromatic N) is 1. The fourth-order valence-corrected chi connectivity index (χ4v) is 3.54. The number of para-hydroxylation sites is 1. The molecule has 6 heteroatoms. The highest BCUT2D eigenvalue weighted by Gasteiger charge is 2.20. The summed E-state index contributed by atoms with van der Waals surface area (Å²) in [6.45, 7) is 4.10. The van der Waals surface area contributed by atoms with Crippen molar-refractivity contribution in [2.24, 2.45) is 0 Å². The lowest BCUT2D eigenvalue weighted by Crippen LogP contribution is -2.13. The number of hydrogen-bond donors (Lipinski definition) is 1. The van der Waals surface area contributed by atoms with Crippen LogP contribution in [0.4, 0.5) is 5.69 Å². The van der Waals surface area contributed by atoms with Crippen molar-refractivity contribution in [2.45, 2.75) is 20.5 Å². The minimum Gasteiger partial charge on any atom is -0.493 e. The van der Waals surface area contributed by atoms with Crippen molar-refractivity contribution in [1.29, 1.82) is 5.26 Å². The van der Waals surface area contributed by atoms with Gasteiger partial charge in [-0.15, -0.1) is 0 Å². The topological polar surface area (TPSA) is 84.5 Å². The highest BCUT2D eigenvalue weighted by Crippen LogP contribution is 2.33. The third kappa shape index (κ3) is 4.14. The lowest BCUT2D eigenvalue weighted by Gasteiger charge is -2.11. The standard InChI is InChI=1S/C26H22N2O4/c1-16-12-20(31-15-19-7-4-6-18(13-19)14-27)10-11-22(16)28-26(29)24-17(2)21-8-5-9-23(30-3)25(21)32-24/h4-13H,15H2,1-3H3,(H,28,29). The summed E-state index contributed by atoms with van der Waals surface area (Å²) in [5, 5.41) is 12.8. The molecular formula is C26H22N2O4. The average Bonchev–Trinajstić information content (AvgIpc) is 3.16. The Morgan fingerprint density at radius 3 is 2.66 bits per heavy atom. The fraction of sp³-hybridized carbons (Fsp3) is 0.154. The molecule has 6 nitrogen and oxygen atoms in total. The van der Waals surface area contributed by atoms with Gasteiger partial charge in [0.2, 0.25) is 0 Å². The minimum atomic E-state index is -0.328. The van der Waals surface area contributed by atoms with Crippen molar-refractivity contribution in [3.63, 3.8) is 0 Å².